The number of hydrogen-bond donors (Lipinski definition) is 1. The van der Waals surface area contributed by atoms with Gasteiger partial charge in [-0.2, -0.15) is 0 Å². The Morgan fingerprint density at radius 3 is 2.83 bits per heavy atom. The maximum Gasteiger partial charge on any atom is 0.241 e. The first kappa shape index (κ1) is 13.5. The van der Waals surface area contributed by atoms with Gasteiger partial charge in [0.15, 0.2) is 0 Å². The van der Waals surface area contributed by atoms with Crippen molar-refractivity contribution >= 4 is 27.5 Å². The molecule has 98 valence electrons. The van der Waals surface area contributed by atoms with Gasteiger partial charge in [0.1, 0.15) is 0 Å². The summed E-state index contributed by atoms with van der Waals surface area (Å²) in [6.45, 7) is 3.67. The Kier molecular flexibility index (Phi) is 4.04. The lowest BCUT2D eigenvalue weighted by Crippen LogP contribution is -2.57. The highest BCUT2D eigenvalue weighted by molar-refractivity contribution is 9.10. The average molecular weight is 312 g/mol. The highest BCUT2D eigenvalue weighted by Crippen LogP contribution is 2.25. The molecule has 0 spiro atoms. The molecule has 18 heavy (non-hydrogen) atoms. The Labute approximate surface area is 116 Å². The minimum Gasteiger partial charge on any atom is -0.329 e. The second kappa shape index (κ2) is 5.38. The maximum absolute atomic E-state index is 12.1. The summed E-state index contributed by atoms with van der Waals surface area (Å²) < 4.78 is 1.06. The number of halogens is 1. The van der Waals surface area contributed by atoms with E-state index in [0.29, 0.717) is 19.6 Å². The van der Waals surface area contributed by atoms with E-state index in [0.717, 1.165) is 15.7 Å². The number of piperazine rings is 1. The number of aryl methyl sites for hydroxylation is 1. The Morgan fingerprint density at radius 2 is 2.22 bits per heavy atom. The van der Waals surface area contributed by atoms with Crippen LogP contribution in [-0.2, 0) is 4.79 Å². The van der Waals surface area contributed by atoms with E-state index in [2.05, 4.69) is 15.9 Å². The summed E-state index contributed by atoms with van der Waals surface area (Å²) in [6.07, 6.45) is 0. The van der Waals surface area contributed by atoms with Crippen LogP contribution >= 0.6 is 15.9 Å². The lowest BCUT2D eigenvalue weighted by molar-refractivity contribution is -0.121. The van der Waals surface area contributed by atoms with E-state index in [4.69, 9.17) is 5.73 Å². The minimum atomic E-state index is 0.129. The smallest absolute Gasteiger partial charge is 0.241 e. The van der Waals surface area contributed by atoms with E-state index in [1.165, 1.54) is 0 Å². The summed E-state index contributed by atoms with van der Waals surface area (Å²) in [5.74, 6) is 0.129. The molecule has 1 unspecified atom stereocenters. The number of amides is 1. The number of rotatable bonds is 2. The standard InChI is InChI=1S/C13H18BrN3O/c1-9-5-10(3-4-12(9)14)17-7-11(6-15)16(2)8-13(17)18/h3-5,11H,6-8,15H2,1-2H3. The minimum absolute atomic E-state index is 0.129. The number of hydrogen-bond acceptors (Lipinski definition) is 3. The maximum atomic E-state index is 12.1. The number of likely N-dealkylation sites (N-methyl/N-ethyl adjacent to an activating group) is 1. The molecule has 0 saturated carbocycles. The molecule has 0 aromatic heterocycles. The van der Waals surface area contributed by atoms with Crippen LogP contribution in [0, 0.1) is 6.92 Å². The third-order valence-electron chi connectivity index (χ3n) is 3.43. The molecule has 1 aliphatic heterocycles. The highest BCUT2D eigenvalue weighted by Gasteiger charge is 2.29. The zero-order valence-electron chi connectivity index (χ0n) is 10.7. The van der Waals surface area contributed by atoms with Crippen LogP contribution in [0.15, 0.2) is 22.7 Å². The van der Waals surface area contributed by atoms with Gasteiger partial charge in [0.25, 0.3) is 0 Å². The largest absolute Gasteiger partial charge is 0.329 e. The Hall–Kier alpha value is -0.910. The summed E-state index contributed by atoms with van der Waals surface area (Å²) in [5, 5.41) is 0. The SMILES string of the molecule is Cc1cc(N2CC(CN)N(C)CC2=O)ccc1Br. The first-order chi connectivity index (χ1) is 8.52. The molecule has 0 aliphatic carbocycles. The molecular formula is C13H18BrN3O. The molecule has 1 aromatic carbocycles. The molecule has 2 rings (SSSR count). The summed E-state index contributed by atoms with van der Waals surface area (Å²) in [4.78, 5) is 15.9. The third-order valence-corrected chi connectivity index (χ3v) is 4.32. The van der Waals surface area contributed by atoms with Crippen molar-refractivity contribution in [2.75, 3.05) is 31.6 Å². The predicted octanol–water partition coefficient (Wildman–Crippen LogP) is 1.36. The molecule has 1 saturated heterocycles. The van der Waals surface area contributed by atoms with Crippen LogP contribution in [0.25, 0.3) is 0 Å². The van der Waals surface area contributed by atoms with Crippen molar-refractivity contribution < 1.29 is 4.79 Å². The molecule has 1 fully saturated rings. The normalized spacial score (nSPS) is 21.4. The van der Waals surface area contributed by atoms with Crippen molar-refractivity contribution in [1.29, 1.82) is 0 Å². The van der Waals surface area contributed by atoms with Gasteiger partial charge in [-0.05, 0) is 37.7 Å². The Bertz CT molecular complexity index is 464. The van der Waals surface area contributed by atoms with Gasteiger partial charge in [-0.3, -0.25) is 9.69 Å². The van der Waals surface area contributed by atoms with Crippen LogP contribution in [0.5, 0.6) is 0 Å². The van der Waals surface area contributed by atoms with Gasteiger partial charge in [-0.25, -0.2) is 0 Å². The average Bonchev–Trinajstić information content (AvgIpc) is 2.33. The van der Waals surface area contributed by atoms with Crippen LogP contribution in [0.2, 0.25) is 0 Å². The summed E-state index contributed by atoms with van der Waals surface area (Å²) in [7, 11) is 1.94. The zero-order valence-corrected chi connectivity index (χ0v) is 12.3. The van der Waals surface area contributed by atoms with Gasteiger partial charge >= 0.3 is 0 Å². The Morgan fingerprint density at radius 1 is 1.50 bits per heavy atom. The Balaban J connectivity index is 2.26. The number of nitrogens with zero attached hydrogens (tertiary/aromatic N) is 2. The fourth-order valence-corrected chi connectivity index (χ4v) is 2.43. The summed E-state index contributed by atoms with van der Waals surface area (Å²) in [5.41, 5.74) is 7.83. The van der Waals surface area contributed by atoms with E-state index >= 15 is 0 Å². The lowest BCUT2D eigenvalue weighted by atomic mass is 10.1. The van der Waals surface area contributed by atoms with E-state index < -0.39 is 0 Å². The molecule has 0 radical (unpaired) electrons. The predicted molar refractivity (Wildman–Crippen MR) is 76.7 cm³/mol. The van der Waals surface area contributed by atoms with Gasteiger partial charge in [0, 0.05) is 29.3 Å². The monoisotopic (exact) mass is 311 g/mol. The second-order valence-corrected chi connectivity index (χ2v) is 5.60. The molecule has 1 atom stereocenters. The molecule has 4 nitrogen and oxygen atoms in total. The van der Waals surface area contributed by atoms with E-state index in [1.807, 2.05) is 42.0 Å². The number of carbonyl (C=O) groups excluding carboxylic acids is 1. The van der Waals surface area contributed by atoms with Crippen LogP contribution in [0.3, 0.4) is 0 Å². The van der Waals surface area contributed by atoms with Crippen LogP contribution < -0.4 is 10.6 Å². The third kappa shape index (κ3) is 2.58. The van der Waals surface area contributed by atoms with E-state index in [1.54, 1.807) is 0 Å². The molecule has 1 heterocycles. The lowest BCUT2D eigenvalue weighted by Gasteiger charge is -2.38. The van der Waals surface area contributed by atoms with Crippen molar-refractivity contribution in [2.45, 2.75) is 13.0 Å². The van der Waals surface area contributed by atoms with Crippen molar-refractivity contribution in [3.05, 3.63) is 28.2 Å². The topological polar surface area (TPSA) is 49.6 Å². The molecule has 1 aromatic rings. The molecular weight excluding hydrogens is 294 g/mol. The quantitative estimate of drug-likeness (QED) is 0.897. The highest BCUT2D eigenvalue weighted by atomic mass is 79.9. The van der Waals surface area contributed by atoms with E-state index in [-0.39, 0.29) is 11.9 Å². The van der Waals surface area contributed by atoms with Gasteiger partial charge < -0.3 is 10.6 Å². The van der Waals surface area contributed by atoms with Crippen molar-refractivity contribution in [3.63, 3.8) is 0 Å². The van der Waals surface area contributed by atoms with E-state index in [9.17, 15) is 4.79 Å². The van der Waals surface area contributed by atoms with Gasteiger partial charge in [-0.15, -0.1) is 0 Å². The zero-order chi connectivity index (χ0) is 13.3. The van der Waals surface area contributed by atoms with Gasteiger partial charge in [0.2, 0.25) is 5.91 Å². The summed E-state index contributed by atoms with van der Waals surface area (Å²) in [6, 6.07) is 6.20. The van der Waals surface area contributed by atoms with Crippen molar-refractivity contribution in [3.8, 4) is 0 Å². The first-order valence-electron chi connectivity index (χ1n) is 5.99. The molecule has 1 aliphatic rings. The fraction of sp³-hybridized carbons (Fsp3) is 0.462. The van der Waals surface area contributed by atoms with Gasteiger partial charge in [0.05, 0.1) is 6.54 Å². The van der Waals surface area contributed by atoms with Crippen LogP contribution in [0.1, 0.15) is 5.56 Å². The number of carbonyl (C=O) groups is 1. The number of nitrogens with two attached hydrogens (primary N) is 1. The van der Waals surface area contributed by atoms with Crippen LogP contribution in [0.4, 0.5) is 5.69 Å². The first-order valence-corrected chi connectivity index (χ1v) is 6.79. The van der Waals surface area contributed by atoms with Crippen molar-refractivity contribution in [1.82, 2.24) is 4.90 Å². The summed E-state index contributed by atoms with van der Waals surface area (Å²) >= 11 is 3.47. The van der Waals surface area contributed by atoms with Gasteiger partial charge in [-0.1, -0.05) is 15.9 Å². The van der Waals surface area contributed by atoms with Crippen molar-refractivity contribution in [2.24, 2.45) is 5.73 Å². The van der Waals surface area contributed by atoms with Crippen LogP contribution in [-0.4, -0.2) is 43.5 Å². The molecule has 5 heteroatoms. The fourth-order valence-electron chi connectivity index (χ4n) is 2.18. The number of benzene rings is 1. The second-order valence-electron chi connectivity index (χ2n) is 4.74. The molecule has 0 bridgehead atoms. The molecule has 1 amide bonds. The molecule has 2 N–H and O–H groups in total. The number of anilines is 1.